The Labute approximate surface area is 128 Å². The summed E-state index contributed by atoms with van der Waals surface area (Å²) in [5.41, 5.74) is 3.92. The average Bonchev–Trinajstić information content (AvgIpc) is 2.46. The highest BCUT2D eigenvalue weighted by Crippen LogP contribution is 2.34. The van der Waals surface area contributed by atoms with Crippen LogP contribution in [0.1, 0.15) is 31.1 Å². The first kappa shape index (κ1) is 13.7. The maximum Gasteiger partial charge on any atom is 0.106 e. The molecule has 3 heteroatoms. The lowest BCUT2D eigenvalue weighted by atomic mass is 10.0. The van der Waals surface area contributed by atoms with E-state index < -0.39 is 0 Å². The molecule has 0 amide bonds. The number of nitrogens with one attached hydrogen (secondary N) is 1. The summed E-state index contributed by atoms with van der Waals surface area (Å²) >= 11 is 3.51. The van der Waals surface area contributed by atoms with Crippen LogP contribution in [0, 0.1) is 0 Å². The first-order valence-electron chi connectivity index (χ1n) is 7.01. The number of rotatable bonds is 2. The van der Waals surface area contributed by atoms with Crippen LogP contribution in [0.3, 0.4) is 0 Å². The van der Waals surface area contributed by atoms with Gasteiger partial charge in [-0.3, -0.25) is 4.90 Å². The fourth-order valence-corrected chi connectivity index (χ4v) is 2.98. The third-order valence-corrected chi connectivity index (χ3v) is 4.37. The molecule has 2 aromatic carbocycles. The lowest BCUT2D eigenvalue weighted by molar-refractivity contribution is 0.153. The van der Waals surface area contributed by atoms with Crippen molar-refractivity contribution in [2.45, 2.75) is 32.6 Å². The van der Waals surface area contributed by atoms with Crippen molar-refractivity contribution in [3.05, 3.63) is 64.1 Å². The van der Waals surface area contributed by atoms with Crippen LogP contribution in [-0.4, -0.2) is 10.9 Å². The maximum atomic E-state index is 3.67. The standard InChI is InChI=1S/C17H19BrN2/c1-12(2)20-11-14-5-3-4-6-16(14)19-17(20)13-7-9-15(18)10-8-13/h3-10,12,17,19H,11H2,1-2H3. The van der Waals surface area contributed by atoms with Gasteiger partial charge in [0.1, 0.15) is 6.17 Å². The molecule has 1 heterocycles. The molecule has 1 N–H and O–H groups in total. The number of hydrogen-bond acceptors (Lipinski definition) is 2. The van der Waals surface area contributed by atoms with E-state index in [0.29, 0.717) is 6.04 Å². The van der Waals surface area contributed by atoms with Gasteiger partial charge in [0.25, 0.3) is 0 Å². The van der Waals surface area contributed by atoms with Gasteiger partial charge in [-0.2, -0.15) is 0 Å². The van der Waals surface area contributed by atoms with E-state index in [1.54, 1.807) is 0 Å². The topological polar surface area (TPSA) is 15.3 Å². The Hall–Kier alpha value is -1.32. The fraction of sp³-hybridized carbons (Fsp3) is 0.294. The Morgan fingerprint density at radius 1 is 1.10 bits per heavy atom. The van der Waals surface area contributed by atoms with Crippen LogP contribution >= 0.6 is 15.9 Å². The molecule has 0 aromatic heterocycles. The molecule has 0 saturated heterocycles. The van der Waals surface area contributed by atoms with Crippen LogP contribution in [0.25, 0.3) is 0 Å². The average molecular weight is 331 g/mol. The highest BCUT2D eigenvalue weighted by Gasteiger charge is 2.28. The van der Waals surface area contributed by atoms with Gasteiger partial charge in [-0.15, -0.1) is 0 Å². The summed E-state index contributed by atoms with van der Waals surface area (Å²) in [6, 6.07) is 17.6. The first-order valence-corrected chi connectivity index (χ1v) is 7.80. The number of fused-ring (bicyclic) bond motifs is 1. The first-order chi connectivity index (χ1) is 9.65. The largest absolute Gasteiger partial charge is 0.366 e. The SMILES string of the molecule is CC(C)N1Cc2ccccc2NC1c1ccc(Br)cc1. The van der Waals surface area contributed by atoms with Crippen LogP contribution in [0.4, 0.5) is 5.69 Å². The van der Waals surface area contributed by atoms with E-state index in [1.165, 1.54) is 16.8 Å². The lowest BCUT2D eigenvalue weighted by Crippen LogP contribution is -2.41. The molecule has 0 aliphatic carbocycles. The smallest absolute Gasteiger partial charge is 0.106 e. The van der Waals surface area contributed by atoms with Crippen LogP contribution in [-0.2, 0) is 6.54 Å². The summed E-state index contributed by atoms with van der Waals surface area (Å²) in [5, 5.41) is 3.67. The number of para-hydroxylation sites is 1. The molecule has 1 atom stereocenters. The zero-order valence-electron chi connectivity index (χ0n) is 11.8. The predicted octanol–water partition coefficient (Wildman–Crippen LogP) is 4.78. The molecule has 1 aliphatic rings. The predicted molar refractivity (Wildman–Crippen MR) is 87.6 cm³/mol. The minimum absolute atomic E-state index is 0.234. The molecule has 0 spiro atoms. The molecule has 0 fully saturated rings. The molecule has 3 rings (SSSR count). The van der Waals surface area contributed by atoms with Gasteiger partial charge in [-0.25, -0.2) is 0 Å². The van der Waals surface area contributed by atoms with Crippen LogP contribution in [0.2, 0.25) is 0 Å². The van der Waals surface area contributed by atoms with Crippen LogP contribution < -0.4 is 5.32 Å². The summed E-state index contributed by atoms with van der Waals surface area (Å²) in [7, 11) is 0. The van der Waals surface area contributed by atoms with Gasteiger partial charge in [-0.1, -0.05) is 46.3 Å². The molecular weight excluding hydrogens is 312 g/mol. The summed E-state index contributed by atoms with van der Waals surface area (Å²) in [6.45, 7) is 5.49. The molecule has 0 radical (unpaired) electrons. The number of nitrogens with zero attached hydrogens (tertiary/aromatic N) is 1. The molecule has 1 aliphatic heterocycles. The fourth-order valence-electron chi connectivity index (χ4n) is 2.72. The number of benzene rings is 2. The van der Waals surface area contributed by atoms with Crippen molar-refractivity contribution in [1.82, 2.24) is 4.90 Å². The van der Waals surface area contributed by atoms with Crippen molar-refractivity contribution in [1.29, 1.82) is 0 Å². The number of anilines is 1. The summed E-state index contributed by atoms with van der Waals surface area (Å²) in [6.07, 6.45) is 0.234. The molecular formula is C17H19BrN2. The van der Waals surface area contributed by atoms with Gasteiger partial charge in [0, 0.05) is 22.7 Å². The zero-order valence-corrected chi connectivity index (χ0v) is 13.4. The van der Waals surface area contributed by atoms with Crippen molar-refractivity contribution >= 4 is 21.6 Å². The van der Waals surface area contributed by atoms with Crippen molar-refractivity contribution in [2.24, 2.45) is 0 Å². The summed E-state index contributed by atoms with van der Waals surface area (Å²) in [5.74, 6) is 0. The summed E-state index contributed by atoms with van der Waals surface area (Å²) in [4.78, 5) is 2.49. The highest BCUT2D eigenvalue weighted by molar-refractivity contribution is 9.10. The van der Waals surface area contributed by atoms with Gasteiger partial charge < -0.3 is 5.32 Å². The minimum atomic E-state index is 0.234. The molecule has 0 saturated carbocycles. The molecule has 1 unspecified atom stereocenters. The molecule has 2 aromatic rings. The Morgan fingerprint density at radius 2 is 1.80 bits per heavy atom. The highest BCUT2D eigenvalue weighted by atomic mass is 79.9. The van der Waals surface area contributed by atoms with Crippen LogP contribution in [0.5, 0.6) is 0 Å². The second-order valence-corrected chi connectivity index (χ2v) is 6.44. The Morgan fingerprint density at radius 3 is 2.50 bits per heavy atom. The van der Waals surface area contributed by atoms with Gasteiger partial charge in [-0.05, 0) is 43.2 Å². The van der Waals surface area contributed by atoms with E-state index in [9.17, 15) is 0 Å². The van der Waals surface area contributed by atoms with Crippen molar-refractivity contribution < 1.29 is 0 Å². The van der Waals surface area contributed by atoms with Gasteiger partial charge in [0.2, 0.25) is 0 Å². The normalized spacial score (nSPS) is 18.7. The quantitative estimate of drug-likeness (QED) is 0.852. The number of hydrogen-bond donors (Lipinski definition) is 1. The molecule has 20 heavy (non-hydrogen) atoms. The van der Waals surface area contributed by atoms with E-state index in [0.717, 1.165) is 11.0 Å². The van der Waals surface area contributed by atoms with E-state index in [4.69, 9.17) is 0 Å². The zero-order chi connectivity index (χ0) is 14.1. The Bertz CT molecular complexity index is 592. The van der Waals surface area contributed by atoms with Gasteiger partial charge in [0.05, 0.1) is 0 Å². The summed E-state index contributed by atoms with van der Waals surface area (Å²) < 4.78 is 1.12. The lowest BCUT2D eigenvalue weighted by Gasteiger charge is -2.41. The van der Waals surface area contributed by atoms with E-state index >= 15 is 0 Å². The minimum Gasteiger partial charge on any atom is -0.366 e. The molecule has 104 valence electrons. The second-order valence-electron chi connectivity index (χ2n) is 5.52. The van der Waals surface area contributed by atoms with E-state index in [-0.39, 0.29) is 6.17 Å². The van der Waals surface area contributed by atoms with Crippen molar-refractivity contribution in [3.63, 3.8) is 0 Å². The Balaban J connectivity index is 1.98. The van der Waals surface area contributed by atoms with Crippen LogP contribution in [0.15, 0.2) is 53.0 Å². The van der Waals surface area contributed by atoms with Crippen molar-refractivity contribution in [2.75, 3.05) is 5.32 Å². The maximum absolute atomic E-state index is 3.67. The second kappa shape index (κ2) is 5.58. The van der Waals surface area contributed by atoms with E-state index in [2.05, 4.69) is 88.5 Å². The van der Waals surface area contributed by atoms with Gasteiger partial charge in [0.15, 0.2) is 0 Å². The molecule has 0 bridgehead atoms. The van der Waals surface area contributed by atoms with E-state index in [1.807, 2.05) is 0 Å². The third-order valence-electron chi connectivity index (χ3n) is 3.84. The molecule has 2 nitrogen and oxygen atoms in total. The monoisotopic (exact) mass is 330 g/mol. The Kier molecular flexibility index (Phi) is 3.81. The van der Waals surface area contributed by atoms with Gasteiger partial charge >= 0.3 is 0 Å². The van der Waals surface area contributed by atoms with Crippen molar-refractivity contribution in [3.8, 4) is 0 Å². The number of halogens is 1. The third kappa shape index (κ3) is 2.60.